The molecular weight excluding hydrogens is 308 g/mol. The molecule has 0 saturated carbocycles. The fourth-order valence-corrected chi connectivity index (χ4v) is 2.11. The number of benzene rings is 1. The van der Waals surface area contributed by atoms with Crippen molar-refractivity contribution in [3.05, 3.63) is 63.6 Å². The van der Waals surface area contributed by atoms with Crippen LogP contribution in [0.4, 0.5) is 0 Å². The molecule has 24 heavy (non-hydrogen) atoms. The number of carbonyl (C=O) groups excluding carboxylic acids is 2. The Labute approximate surface area is 139 Å². The Morgan fingerprint density at radius 3 is 2.67 bits per heavy atom. The summed E-state index contributed by atoms with van der Waals surface area (Å²) in [5.41, 5.74) is 1.53. The summed E-state index contributed by atoms with van der Waals surface area (Å²) in [6.07, 6.45) is -0.753. The number of pyridine rings is 1. The highest BCUT2D eigenvalue weighted by Crippen LogP contribution is 2.15. The van der Waals surface area contributed by atoms with Crippen LogP contribution in [0.25, 0.3) is 0 Å². The molecule has 0 radical (unpaired) electrons. The highest BCUT2D eigenvalue weighted by Gasteiger charge is 2.15. The van der Waals surface area contributed by atoms with E-state index in [4.69, 9.17) is 4.74 Å². The van der Waals surface area contributed by atoms with Crippen LogP contribution in [0.3, 0.4) is 0 Å². The summed E-state index contributed by atoms with van der Waals surface area (Å²) in [4.78, 5) is 37.9. The molecule has 1 unspecified atom stereocenters. The second kappa shape index (κ2) is 7.59. The van der Waals surface area contributed by atoms with Crippen molar-refractivity contribution in [2.75, 3.05) is 0 Å². The van der Waals surface area contributed by atoms with Crippen molar-refractivity contribution >= 4 is 11.7 Å². The topological polar surface area (TPSA) is 88.3 Å². The second-order valence-electron chi connectivity index (χ2n) is 5.56. The van der Waals surface area contributed by atoms with Crippen molar-refractivity contribution < 1.29 is 14.3 Å². The molecule has 0 saturated heterocycles. The van der Waals surface area contributed by atoms with E-state index in [1.165, 1.54) is 6.92 Å². The zero-order chi connectivity index (χ0) is 17.7. The maximum atomic E-state index is 12.1. The summed E-state index contributed by atoms with van der Waals surface area (Å²) in [6.45, 7) is 4.98. The number of rotatable bonds is 6. The van der Waals surface area contributed by atoms with Crippen molar-refractivity contribution in [3.8, 4) is 5.75 Å². The Hall–Kier alpha value is -2.89. The minimum absolute atomic E-state index is 0.0730. The highest BCUT2D eigenvalue weighted by atomic mass is 16.5. The molecule has 126 valence electrons. The first-order valence-corrected chi connectivity index (χ1v) is 7.61. The minimum Gasteiger partial charge on any atom is -0.481 e. The predicted molar refractivity (Wildman–Crippen MR) is 90.2 cm³/mol. The van der Waals surface area contributed by atoms with Crippen LogP contribution in [0, 0.1) is 6.92 Å². The van der Waals surface area contributed by atoms with E-state index in [1.54, 1.807) is 50.2 Å². The van der Waals surface area contributed by atoms with Gasteiger partial charge < -0.3 is 15.0 Å². The molecule has 6 nitrogen and oxygen atoms in total. The average Bonchev–Trinajstić information content (AvgIpc) is 2.54. The molecule has 0 aliphatic heterocycles. The first kappa shape index (κ1) is 17.5. The van der Waals surface area contributed by atoms with Gasteiger partial charge in [-0.05, 0) is 39.0 Å². The molecule has 1 heterocycles. The number of H-pyrrole nitrogens is 1. The molecule has 0 bridgehead atoms. The van der Waals surface area contributed by atoms with E-state index in [9.17, 15) is 14.4 Å². The van der Waals surface area contributed by atoms with Gasteiger partial charge in [0.15, 0.2) is 11.9 Å². The molecule has 6 heteroatoms. The third-order valence-electron chi connectivity index (χ3n) is 3.51. The summed E-state index contributed by atoms with van der Waals surface area (Å²) >= 11 is 0. The Bertz CT molecular complexity index is 811. The van der Waals surface area contributed by atoms with Crippen LogP contribution >= 0.6 is 0 Å². The Balaban J connectivity index is 1.96. The van der Waals surface area contributed by atoms with Gasteiger partial charge >= 0.3 is 0 Å². The summed E-state index contributed by atoms with van der Waals surface area (Å²) in [7, 11) is 0. The van der Waals surface area contributed by atoms with E-state index in [2.05, 4.69) is 10.3 Å². The lowest BCUT2D eigenvalue weighted by Gasteiger charge is -2.15. The number of amides is 1. The smallest absolute Gasteiger partial charge is 0.261 e. The first-order valence-electron chi connectivity index (χ1n) is 7.61. The SMILES string of the molecule is CC(=O)c1cccc(OC(C)C(=O)NCc2ccc(C)[nH]c2=O)c1. The Kier molecular flexibility index (Phi) is 5.52. The van der Waals surface area contributed by atoms with Gasteiger partial charge in [-0.15, -0.1) is 0 Å². The molecule has 2 rings (SSSR count). The molecule has 1 aromatic carbocycles. The number of ether oxygens (including phenoxy) is 1. The number of carbonyl (C=O) groups is 2. The number of aromatic nitrogens is 1. The molecule has 1 amide bonds. The number of aromatic amines is 1. The van der Waals surface area contributed by atoms with Gasteiger partial charge in [0.2, 0.25) is 0 Å². The zero-order valence-corrected chi connectivity index (χ0v) is 13.9. The van der Waals surface area contributed by atoms with Crippen molar-refractivity contribution in [2.24, 2.45) is 0 Å². The summed E-state index contributed by atoms with van der Waals surface area (Å²) in [5, 5.41) is 2.67. The number of hydrogen-bond acceptors (Lipinski definition) is 4. The molecule has 1 aromatic heterocycles. The largest absolute Gasteiger partial charge is 0.481 e. The van der Waals surface area contributed by atoms with Gasteiger partial charge in [0.25, 0.3) is 11.5 Å². The fourth-order valence-electron chi connectivity index (χ4n) is 2.11. The summed E-state index contributed by atoms with van der Waals surface area (Å²) in [6, 6.07) is 10.1. The van der Waals surface area contributed by atoms with Gasteiger partial charge in [0.1, 0.15) is 5.75 Å². The van der Waals surface area contributed by atoms with Gasteiger partial charge in [0, 0.05) is 23.4 Å². The monoisotopic (exact) mass is 328 g/mol. The molecule has 2 N–H and O–H groups in total. The standard InChI is InChI=1S/C18H20N2O4/c1-11-7-8-15(18(23)20-11)10-19-17(22)13(3)24-16-6-4-5-14(9-16)12(2)21/h4-9,13H,10H2,1-3H3,(H,19,22)(H,20,23). The van der Waals surface area contributed by atoms with Crippen molar-refractivity contribution in [3.63, 3.8) is 0 Å². The molecule has 0 aliphatic carbocycles. The van der Waals surface area contributed by atoms with Gasteiger partial charge in [-0.2, -0.15) is 0 Å². The van der Waals surface area contributed by atoms with E-state index in [0.717, 1.165) is 5.69 Å². The molecule has 0 aliphatic rings. The summed E-state index contributed by atoms with van der Waals surface area (Å²) in [5.74, 6) is 0.0258. The quantitative estimate of drug-likeness (QED) is 0.794. The van der Waals surface area contributed by atoms with Gasteiger partial charge in [-0.25, -0.2) is 0 Å². The third-order valence-corrected chi connectivity index (χ3v) is 3.51. The van der Waals surface area contributed by atoms with Crippen molar-refractivity contribution in [1.82, 2.24) is 10.3 Å². The first-order chi connectivity index (χ1) is 11.4. The molecule has 0 fully saturated rings. The van der Waals surface area contributed by atoms with Gasteiger partial charge in [-0.1, -0.05) is 18.2 Å². The van der Waals surface area contributed by atoms with Crippen LogP contribution in [0.1, 0.15) is 35.5 Å². The molecule has 1 atom stereocenters. The Morgan fingerprint density at radius 1 is 1.25 bits per heavy atom. The van der Waals surface area contributed by atoms with Crippen LogP contribution < -0.4 is 15.6 Å². The number of nitrogens with one attached hydrogen (secondary N) is 2. The lowest BCUT2D eigenvalue weighted by molar-refractivity contribution is -0.127. The normalized spacial score (nSPS) is 11.6. The van der Waals surface area contributed by atoms with Crippen molar-refractivity contribution in [2.45, 2.75) is 33.4 Å². The maximum Gasteiger partial charge on any atom is 0.261 e. The molecular formula is C18H20N2O4. The zero-order valence-electron chi connectivity index (χ0n) is 13.9. The lowest BCUT2D eigenvalue weighted by atomic mass is 10.1. The second-order valence-corrected chi connectivity index (χ2v) is 5.56. The van der Waals surface area contributed by atoms with Gasteiger partial charge in [0.05, 0.1) is 0 Å². The maximum absolute atomic E-state index is 12.1. The molecule has 2 aromatic rings. The number of hydrogen-bond donors (Lipinski definition) is 2. The van der Waals surface area contributed by atoms with Crippen LogP contribution in [0.2, 0.25) is 0 Å². The van der Waals surface area contributed by atoms with Crippen LogP contribution in [0.5, 0.6) is 5.75 Å². The number of Topliss-reactive ketones (excluding diaryl/α,β-unsaturated/α-hetero) is 1. The van der Waals surface area contributed by atoms with Crippen LogP contribution in [-0.2, 0) is 11.3 Å². The molecule has 0 spiro atoms. The summed E-state index contributed by atoms with van der Waals surface area (Å²) < 4.78 is 5.55. The highest BCUT2D eigenvalue weighted by molar-refractivity contribution is 5.94. The number of ketones is 1. The van der Waals surface area contributed by atoms with Gasteiger partial charge in [-0.3, -0.25) is 14.4 Å². The third kappa shape index (κ3) is 4.55. The van der Waals surface area contributed by atoms with E-state index in [0.29, 0.717) is 16.9 Å². The van der Waals surface area contributed by atoms with E-state index in [1.807, 2.05) is 0 Å². The van der Waals surface area contributed by atoms with E-state index >= 15 is 0 Å². The van der Waals surface area contributed by atoms with Crippen LogP contribution in [-0.4, -0.2) is 22.8 Å². The predicted octanol–water partition coefficient (Wildman–Crippen LogP) is 1.97. The minimum atomic E-state index is -0.753. The fraction of sp³-hybridized carbons (Fsp3) is 0.278. The van der Waals surface area contributed by atoms with E-state index in [-0.39, 0.29) is 23.8 Å². The van der Waals surface area contributed by atoms with E-state index < -0.39 is 6.10 Å². The van der Waals surface area contributed by atoms with Crippen molar-refractivity contribution in [1.29, 1.82) is 0 Å². The lowest BCUT2D eigenvalue weighted by Crippen LogP contribution is -2.37. The average molecular weight is 328 g/mol. The van der Waals surface area contributed by atoms with Crippen LogP contribution in [0.15, 0.2) is 41.2 Å². The number of aryl methyl sites for hydroxylation is 1. The Morgan fingerprint density at radius 2 is 2.00 bits per heavy atom.